The summed E-state index contributed by atoms with van der Waals surface area (Å²) in [5, 5.41) is 6.82. The van der Waals surface area contributed by atoms with Crippen molar-refractivity contribution in [1.82, 2.24) is 15.5 Å². The molecule has 2 N–H and O–H groups in total. The third-order valence-electron chi connectivity index (χ3n) is 4.35. The van der Waals surface area contributed by atoms with Crippen LogP contribution in [0.5, 0.6) is 11.5 Å². The minimum Gasteiger partial charge on any atom is -0.493 e. The molecule has 0 spiro atoms. The van der Waals surface area contributed by atoms with Gasteiger partial charge in [-0.25, -0.2) is 0 Å². The van der Waals surface area contributed by atoms with E-state index in [0.29, 0.717) is 0 Å². The lowest BCUT2D eigenvalue weighted by molar-refractivity contribution is 0.295. The summed E-state index contributed by atoms with van der Waals surface area (Å²) in [6, 6.07) is 6.24. The molecule has 26 heavy (non-hydrogen) atoms. The van der Waals surface area contributed by atoms with Gasteiger partial charge >= 0.3 is 0 Å². The van der Waals surface area contributed by atoms with Crippen LogP contribution in [0.2, 0.25) is 0 Å². The molecule has 148 valence electrons. The molecule has 1 unspecified atom stereocenters. The number of benzene rings is 1. The van der Waals surface area contributed by atoms with Crippen LogP contribution in [0.25, 0.3) is 0 Å². The van der Waals surface area contributed by atoms with Crippen molar-refractivity contribution in [3.63, 3.8) is 0 Å². The molecule has 0 radical (unpaired) electrons. The van der Waals surface area contributed by atoms with Crippen LogP contribution in [-0.2, 0) is 0 Å². The van der Waals surface area contributed by atoms with Gasteiger partial charge in [-0.2, -0.15) is 0 Å². The van der Waals surface area contributed by atoms with E-state index in [9.17, 15) is 0 Å². The summed E-state index contributed by atoms with van der Waals surface area (Å²) in [7, 11) is 9.26. The van der Waals surface area contributed by atoms with E-state index in [0.717, 1.165) is 48.5 Å². The number of rotatable bonds is 10. The van der Waals surface area contributed by atoms with Crippen LogP contribution in [0, 0.1) is 5.92 Å². The van der Waals surface area contributed by atoms with Crippen LogP contribution in [-0.4, -0.2) is 59.3 Å². The lowest BCUT2D eigenvalue weighted by Crippen LogP contribution is -2.42. The number of hydrogen-bond donors (Lipinski definition) is 2. The molecule has 0 aromatic heterocycles. The van der Waals surface area contributed by atoms with Crippen LogP contribution >= 0.6 is 0 Å². The van der Waals surface area contributed by atoms with E-state index in [4.69, 9.17) is 9.47 Å². The Morgan fingerprint density at radius 3 is 2.35 bits per heavy atom. The van der Waals surface area contributed by atoms with Gasteiger partial charge in [0.15, 0.2) is 17.5 Å². The molecule has 0 aliphatic heterocycles. The Kier molecular flexibility index (Phi) is 9.88. The first kappa shape index (κ1) is 22.1. The average molecular weight is 365 g/mol. The van der Waals surface area contributed by atoms with Gasteiger partial charge < -0.3 is 25.0 Å². The summed E-state index contributed by atoms with van der Waals surface area (Å²) in [6.45, 7) is 6.17. The molecule has 0 heterocycles. The van der Waals surface area contributed by atoms with Crippen molar-refractivity contribution in [2.45, 2.75) is 32.7 Å². The topological polar surface area (TPSA) is 58.1 Å². The van der Waals surface area contributed by atoms with E-state index in [1.807, 2.05) is 12.1 Å². The Labute approximate surface area is 159 Å². The summed E-state index contributed by atoms with van der Waals surface area (Å²) >= 11 is 0. The minimum absolute atomic E-state index is 0.184. The first-order chi connectivity index (χ1) is 12.4. The molecule has 0 fully saturated rings. The zero-order valence-electron chi connectivity index (χ0n) is 17.4. The van der Waals surface area contributed by atoms with E-state index in [-0.39, 0.29) is 6.04 Å². The molecule has 6 heteroatoms. The van der Waals surface area contributed by atoms with Crippen molar-refractivity contribution in [3.05, 3.63) is 23.8 Å². The normalized spacial score (nSPS) is 13.0. The van der Waals surface area contributed by atoms with E-state index < -0.39 is 0 Å². The highest BCUT2D eigenvalue weighted by molar-refractivity contribution is 5.79. The maximum atomic E-state index is 5.44. The quantitative estimate of drug-likeness (QED) is 0.380. The van der Waals surface area contributed by atoms with Crippen LogP contribution < -0.4 is 20.1 Å². The van der Waals surface area contributed by atoms with E-state index in [1.54, 1.807) is 21.3 Å². The largest absolute Gasteiger partial charge is 0.493 e. The predicted molar refractivity (Wildman–Crippen MR) is 109 cm³/mol. The standard InChI is InChI=1S/C20H36N4O2/c1-15(2)9-8-12-22-20(21-3)23-14-17(24(4)5)16-10-11-18(25-6)19(13-16)26-7/h10-11,13,15,17H,8-9,12,14H2,1-7H3,(H2,21,22,23). The van der Waals surface area contributed by atoms with E-state index in [1.165, 1.54) is 6.42 Å². The van der Waals surface area contributed by atoms with Crippen molar-refractivity contribution in [1.29, 1.82) is 0 Å². The fraction of sp³-hybridized carbons (Fsp3) is 0.650. The molecular weight excluding hydrogens is 328 g/mol. The monoisotopic (exact) mass is 364 g/mol. The van der Waals surface area contributed by atoms with Crippen molar-refractivity contribution < 1.29 is 9.47 Å². The van der Waals surface area contributed by atoms with Gasteiger partial charge in [-0.3, -0.25) is 4.99 Å². The fourth-order valence-electron chi connectivity index (χ4n) is 2.79. The molecule has 0 saturated heterocycles. The number of nitrogens with zero attached hydrogens (tertiary/aromatic N) is 2. The number of guanidine groups is 1. The Balaban J connectivity index is 2.70. The van der Waals surface area contributed by atoms with Gasteiger partial charge in [-0.15, -0.1) is 0 Å². The van der Waals surface area contributed by atoms with Crippen molar-refractivity contribution in [3.8, 4) is 11.5 Å². The van der Waals surface area contributed by atoms with E-state index in [2.05, 4.69) is 54.5 Å². The molecule has 1 rings (SSSR count). The predicted octanol–water partition coefficient (Wildman–Crippen LogP) is 2.91. The Morgan fingerprint density at radius 2 is 1.81 bits per heavy atom. The minimum atomic E-state index is 0.184. The van der Waals surface area contributed by atoms with Gasteiger partial charge in [0.2, 0.25) is 0 Å². The van der Waals surface area contributed by atoms with Crippen molar-refractivity contribution >= 4 is 5.96 Å². The van der Waals surface area contributed by atoms with Crippen LogP contribution in [0.1, 0.15) is 38.3 Å². The maximum Gasteiger partial charge on any atom is 0.191 e. The summed E-state index contributed by atoms with van der Waals surface area (Å²) in [5.74, 6) is 3.05. The molecule has 0 aliphatic carbocycles. The van der Waals surface area contributed by atoms with Gasteiger partial charge in [0.1, 0.15) is 0 Å². The van der Waals surface area contributed by atoms with Gasteiger partial charge in [0.25, 0.3) is 0 Å². The Bertz CT molecular complexity index is 559. The van der Waals surface area contributed by atoms with Gasteiger partial charge in [0.05, 0.1) is 20.3 Å². The van der Waals surface area contributed by atoms with Crippen LogP contribution in [0.15, 0.2) is 23.2 Å². The number of nitrogens with one attached hydrogen (secondary N) is 2. The smallest absolute Gasteiger partial charge is 0.191 e. The number of aliphatic imine (C=N–C) groups is 1. The number of ether oxygens (including phenoxy) is 2. The zero-order valence-corrected chi connectivity index (χ0v) is 17.4. The second kappa shape index (κ2) is 11.6. The highest BCUT2D eigenvalue weighted by Crippen LogP contribution is 2.31. The highest BCUT2D eigenvalue weighted by Gasteiger charge is 2.17. The molecular formula is C20H36N4O2. The third-order valence-corrected chi connectivity index (χ3v) is 4.35. The molecule has 0 amide bonds. The molecule has 6 nitrogen and oxygen atoms in total. The lowest BCUT2D eigenvalue weighted by Gasteiger charge is -2.26. The molecule has 1 aromatic carbocycles. The van der Waals surface area contributed by atoms with E-state index >= 15 is 0 Å². The lowest BCUT2D eigenvalue weighted by atomic mass is 10.1. The van der Waals surface area contributed by atoms with Gasteiger partial charge in [0, 0.05) is 20.1 Å². The number of likely N-dealkylation sites (N-methyl/N-ethyl adjacent to an activating group) is 1. The first-order valence-corrected chi connectivity index (χ1v) is 9.25. The summed E-state index contributed by atoms with van der Waals surface area (Å²) in [5.41, 5.74) is 1.16. The second-order valence-electron chi connectivity index (χ2n) is 7.01. The molecule has 1 aromatic rings. The first-order valence-electron chi connectivity index (χ1n) is 9.25. The molecule has 0 bridgehead atoms. The zero-order chi connectivity index (χ0) is 19.5. The third kappa shape index (κ3) is 7.12. The maximum absolute atomic E-state index is 5.44. The van der Waals surface area contributed by atoms with Crippen molar-refractivity contribution in [2.24, 2.45) is 10.9 Å². The number of hydrogen-bond acceptors (Lipinski definition) is 4. The van der Waals surface area contributed by atoms with Crippen LogP contribution in [0.4, 0.5) is 0 Å². The highest BCUT2D eigenvalue weighted by atomic mass is 16.5. The fourth-order valence-corrected chi connectivity index (χ4v) is 2.79. The Hall–Kier alpha value is -1.95. The second-order valence-corrected chi connectivity index (χ2v) is 7.01. The molecule has 0 aliphatic rings. The molecule has 0 saturated carbocycles. The van der Waals surface area contributed by atoms with Gasteiger partial charge in [-0.1, -0.05) is 19.9 Å². The summed E-state index contributed by atoms with van der Waals surface area (Å²) in [6.07, 6.45) is 2.36. The van der Waals surface area contributed by atoms with Crippen molar-refractivity contribution in [2.75, 3.05) is 48.5 Å². The summed E-state index contributed by atoms with van der Waals surface area (Å²) in [4.78, 5) is 6.50. The number of methoxy groups -OCH3 is 2. The SMILES string of the molecule is CN=C(NCCCC(C)C)NCC(c1ccc(OC)c(OC)c1)N(C)C. The van der Waals surface area contributed by atoms with Gasteiger partial charge in [-0.05, 0) is 50.6 Å². The Morgan fingerprint density at radius 1 is 1.12 bits per heavy atom. The average Bonchev–Trinajstić information content (AvgIpc) is 2.62. The van der Waals surface area contributed by atoms with Crippen LogP contribution in [0.3, 0.4) is 0 Å². The summed E-state index contributed by atoms with van der Waals surface area (Å²) < 4.78 is 10.8. The molecule has 1 atom stereocenters.